The number of ketones is 1. The Bertz CT molecular complexity index is 250. The summed E-state index contributed by atoms with van der Waals surface area (Å²) in [5.41, 5.74) is 0. The van der Waals surface area contributed by atoms with Crippen LogP contribution in [0.15, 0.2) is 9.98 Å². The largest absolute Gasteiger partial charge is 0.290 e. The van der Waals surface area contributed by atoms with E-state index in [9.17, 15) is 4.79 Å². The summed E-state index contributed by atoms with van der Waals surface area (Å²) in [5, 5.41) is 2.21. The summed E-state index contributed by atoms with van der Waals surface area (Å²) in [7, 11) is 0. The minimum atomic E-state index is -0.127. The first-order valence-corrected chi connectivity index (χ1v) is 4.65. The van der Waals surface area contributed by atoms with Crippen molar-refractivity contribution < 1.29 is 4.79 Å². The predicted octanol–water partition coefficient (Wildman–Crippen LogP) is 2.33. The fourth-order valence-electron chi connectivity index (χ4n) is 0.439. The van der Waals surface area contributed by atoms with Gasteiger partial charge in [-0.3, -0.25) is 4.79 Å². The van der Waals surface area contributed by atoms with Crippen LogP contribution in [0.2, 0.25) is 0 Å². The third-order valence-electron chi connectivity index (χ3n) is 0.836. The van der Waals surface area contributed by atoms with Gasteiger partial charge in [0.2, 0.25) is 5.78 Å². The van der Waals surface area contributed by atoms with E-state index in [1.165, 1.54) is 11.3 Å². The fraction of sp³-hybridized carbons (Fsp3) is 0.200. The molecule has 5 heteroatoms. The molecule has 0 atom stereocenters. The van der Waals surface area contributed by atoms with Crippen LogP contribution in [-0.2, 0) is 0 Å². The summed E-state index contributed by atoms with van der Waals surface area (Å²) in [6.45, 7) is 0. The van der Waals surface area contributed by atoms with Gasteiger partial charge in [-0.05, 0) is 15.9 Å². The number of Topliss-reactive ketones (excluding diaryl/α,β-unsaturated/α-hetero) is 1. The van der Waals surface area contributed by atoms with Crippen molar-refractivity contribution in [1.29, 1.82) is 0 Å². The van der Waals surface area contributed by atoms with Gasteiger partial charge in [0.15, 0.2) is 5.01 Å². The van der Waals surface area contributed by atoms with Crippen LogP contribution in [0.3, 0.4) is 0 Å². The highest BCUT2D eigenvalue weighted by Gasteiger charge is 2.07. The first kappa shape index (κ1) is 8.17. The Morgan fingerprint density at radius 1 is 1.90 bits per heavy atom. The van der Waals surface area contributed by atoms with E-state index in [1.807, 2.05) is 0 Å². The molecule has 54 valence electrons. The lowest BCUT2D eigenvalue weighted by Crippen LogP contribution is -1.98. The lowest BCUT2D eigenvalue weighted by molar-refractivity contribution is 0.102. The van der Waals surface area contributed by atoms with E-state index in [1.54, 1.807) is 5.38 Å². The topological polar surface area (TPSA) is 30.0 Å². The summed E-state index contributed by atoms with van der Waals surface area (Å²) in [6.07, 6.45) is 0. The van der Waals surface area contributed by atoms with Gasteiger partial charge < -0.3 is 0 Å². The van der Waals surface area contributed by atoms with Gasteiger partial charge in [0.1, 0.15) is 4.60 Å². The Morgan fingerprint density at radius 2 is 2.60 bits per heavy atom. The smallest absolute Gasteiger partial charge is 0.206 e. The lowest BCUT2D eigenvalue weighted by atomic mass is 10.5. The quantitative estimate of drug-likeness (QED) is 0.587. The van der Waals surface area contributed by atoms with Crippen LogP contribution in [0.4, 0.5) is 0 Å². The van der Waals surface area contributed by atoms with E-state index in [4.69, 9.17) is 11.6 Å². The van der Waals surface area contributed by atoms with Crippen LogP contribution in [0, 0.1) is 0 Å². The Labute approximate surface area is 75.4 Å². The summed E-state index contributed by atoms with van der Waals surface area (Å²) in [5.74, 6) is -0.127. The first-order valence-electron chi connectivity index (χ1n) is 2.44. The van der Waals surface area contributed by atoms with Crippen molar-refractivity contribution >= 4 is 44.7 Å². The van der Waals surface area contributed by atoms with Gasteiger partial charge in [0, 0.05) is 5.38 Å². The zero-order chi connectivity index (χ0) is 7.56. The predicted molar refractivity (Wildman–Crippen MR) is 44.9 cm³/mol. The monoisotopic (exact) mass is 239 g/mol. The van der Waals surface area contributed by atoms with Crippen LogP contribution in [-0.4, -0.2) is 16.6 Å². The molecule has 10 heavy (non-hydrogen) atoms. The highest BCUT2D eigenvalue weighted by Crippen LogP contribution is 2.15. The average Bonchev–Trinajstić information content (AvgIpc) is 2.34. The van der Waals surface area contributed by atoms with Crippen molar-refractivity contribution in [3.05, 3.63) is 15.0 Å². The average molecular weight is 241 g/mol. The van der Waals surface area contributed by atoms with E-state index < -0.39 is 0 Å². The molecule has 0 fully saturated rings. The fourth-order valence-corrected chi connectivity index (χ4v) is 1.84. The molecule has 1 aromatic rings. The number of hydrogen-bond donors (Lipinski definition) is 0. The number of halogens is 2. The van der Waals surface area contributed by atoms with Gasteiger partial charge in [0.25, 0.3) is 0 Å². The maximum absolute atomic E-state index is 10.8. The number of rotatable bonds is 2. The van der Waals surface area contributed by atoms with Gasteiger partial charge in [-0.1, -0.05) is 0 Å². The van der Waals surface area contributed by atoms with Crippen LogP contribution in [0.5, 0.6) is 0 Å². The number of nitrogens with zero attached hydrogens (tertiary/aromatic N) is 1. The molecule has 0 aliphatic carbocycles. The minimum absolute atomic E-state index is 0.0000463. The molecule has 1 rings (SSSR count). The van der Waals surface area contributed by atoms with Crippen molar-refractivity contribution in [2.75, 3.05) is 5.88 Å². The molecule has 0 amide bonds. The Balaban J connectivity index is 2.85. The molecule has 0 unspecified atom stereocenters. The molecule has 0 saturated carbocycles. The van der Waals surface area contributed by atoms with E-state index in [-0.39, 0.29) is 11.7 Å². The molecule has 0 radical (unpaired) electrons. The van der Waals surface area contributed by atoms with Gasteiger partial charge in [-0.25, -0.2) is 4.98 Å². The Hall–Kier alpha value is 0.0700. The molecule has 0 N–H and O–H groups in total. The number of hydrogen-bond acceptors (Lipinski definition) is 3. The SMILES string of the molecule is O=C(CCl)c1nc(Br)cs1. The van der Waals surface area contributed by atoms with Gasteiger partial charge in [0.05, 0.1) is 5.88 Å². The summed E-state index contributed by atoms with van der Waals surface area (Å²) in [4.78, 5) is 14.7. The Morgan fingerprint density at radius 3 is 3.00 bits per heavy atom. The van der Waals surface area contributed by atoms with E-state index >= 15 is 0 Å². The van der Waals surface area contributed by atoms with Crippen LogP contribution in [0.25, 0.3) is 0 Å². The number of carbonyl (C=O) groups excluding carboxylic acids is 1. The maximum Gasteiger partial charge on any atom is 0.206 e. The molecule has 0 spiro atoms. The van der Waals surface area contributed by atoms with Gasteiger partial charge in [-0.15, -0.1) is 22.9 Å². The third kappa shape index (κ3) is 1.78. The first-order chi connectivity index (χ1) is 4.74. The second kappa shape index (κ2) is 3.46. The molecule has 1 heterocycles. The molecule has 0 aromatic carbocycles. The number of aromatic nitrogens is 1. The molecular weight excluding hydrogens is 237 g/mol. The summed E-state index contributed by atoms with van der Waals surface area (Å²) >= 11 is 9.72. The number of carbonyl (C=O) groups is 1. The second-order valence-corrected chi connectivity index (χ2v) is 3.47. The molecule has 0 aliphatic rings. The lowest BCUT2D eigenvalue weighted by Gasteiger charge is -1.84. The van der Waals surface area contributed by atoms with E-state index in [0.29, 0.717) is 9.61 Å². The highest BCUT2D eigenvalue weighted by atomic mass is 79.9. The second-order valence-electron chi connectivity index (χ2n) is 1.53. The van der Waals surface area contributed by atoms with Crippen LogP contribution in [0.1, 0.15) is 9.80 Å². The minimum Gasteiger partial charge on any atom is -0.290 e. The molecular formula is C5H3BrClNOS. The normalized spacial score (nSPS) is 9.80. The van der Waals surface area contributed by atoms with Crippen molar-refractivity contribution in [3.63, 3.8) is 0 Å². The van der Waals surface area contributed by atoms with Crippen molar-refractivity contribution in [1.82, 2.24) is 4.98 Å². The molecule has 1 aromatic heterocycles. The number of thiazole rings is 1. The molecule has 0 bridgehead atoms. The highest BCUT2D eigenvalue weighted by molar-refractivity contribution is 9.10. The summed E-state index contributed by atoms with van der Waals surface area (Å²) < 4.78 is 0.686. The standard InChI is InChI=1S/C5H3BrClNOS/c6-4-2-10-5(8-4)3(9)1-7/h2H,1H2. The molecule has 0 aliphatic heterocycles. The van der Waals surface area contributed by atoms with Gasteiger partial charge >= 0.3 is 0 Å². The van der Waals surface area contributed by atoms with Crippen LogP contribution < -0.4 is 0 Å². The van der Waals surface area contributed by atoms with Crippen molar-refractivity contribution in [2.45, 2.75) is 0 Å². The maximum atomic E-state index is 10.8. The Kier molecular flexibility index (Phi) is 2.82. The zero-order valence-corrected chi connectivity index (χ0v) is 7.96. The van der Waals surface area contributed by atoms with Gasteiger partial charge in [-0.2, -0.15) is 0 Å². The number of alkyl halides is 1. The molecule has 2 nitrogen and oxygen atoms in total. The molecule has 0 saturated heterocycles. The zero-order valence-electron chi connectivity index (χ0n) is 4.80. The van der Waals surface area contributed by atoms with E-state index in [0.717, 1.165) is 0 Å². The third-order valence-corrected chi connectivity index (χ3v) is 2.67. The van der Waals surface area contributed by atoms with E-state index in [2.05, 4.69) is 20.9 Å². The van der Waals surface area contributed by atoms with Crippen LogP contribution >= 0.6 is 38.9 Å². The van der Waals surface area contributed by atoms with Crippen molar-refractivity contribution in [2.24, 2.45) is 0 Å². The summed E-state index contributed by atoms with van der Waals surface area (Å²) in [6, 6.07) is 0. The van der Waals surface area contributed by atoms with Crippen molar-refractivity contribution in [3.8, 4) is 0 Å².